The summed E-state index contributed by atoms with van der Waals surface area (Å²) in [6, 6.07) is 2.81. The third-order valence-electron chi connectivity index (χ3n) is 2.95. The molecule has 1 aromatic rings. The first-order chi connectivity index (χ1) is 7.65. The van der Waals surface area contributed by atoms with Crippen molar-refractivity contribution in [2.24, 2.45) is 5.41 Å². The summed E-state index contributed by atoms with van der Waals surface area (Å²) in [4.78, 5) is 25.1. The fourth-order valence-electron chi connectivity index (χ4n) is 1.52. The fraction of sp³-hybridized carbons (Fsp3) is 0.455. The predicted molar refractivity (Wildman–Crippen MR) is 58.1 cm³/mol. The number of aromatic nitrogens is 1. The maximum absolute atomic E-state index is 11.6. The van der Waals surface area contributed by atoms with Crippen LogP contribution in [0.25, 0.3) is 0 Å². The van der Waals surface area contributed by atoms with Crippen LogP contribution in [0.2, 0.25) is 0 Å². The Kier molecular flexibility index (Phi) is 2.78. The normalized spacial score (nSPS) is 16.8. The highest BCUT2D eigenvalue weighted by Crippen LogP contribution is 2.44. The number of amides is 1. The van der Waals surface area contributed by atoms with Gasteiger partial charge in [0.1, 0.15) is 0 Å². The van der Waals surface area contributed by atoms with Crippen LogP contribution < -0.4 is 10.9 Å². The number of carbonyl (C=O) groups excluding carboxylic acids is 1. The Morgan fingerprint density at radius 3 is 2.88 bits per heavy atom. The van der Waals surface area contributed by atoms with Crippen molar-refractivity contribution in [1.29, 1.82) is 0 Å². The molecule has 0 aliphatic heterocycles. The average molecular weight is 222 g/mol. The lowest BCUT2D eigenvalue weighted by Gasteiger charge is -2.12. The van der Waals surface area contributed by atoms with Crippen LogP contribution >= 0.6 is 0 Å². The lowest BCUT2D eigenvalue weighted by molar-refractivity contribution is 0.0935. The zero-order valence-electron chi connectivity index (χ0n) is 8.82. The molecule has 5 nitrogen and oxygen atoms in total. The highest BCUT2D eigenvalue weighted by atomic mass is 16.3. The minimum Gasteiger partial charge on any atom is -0.396 e. The van der Waals surface area contributed by atoms with Crippen molar-refractivity contribution < 1.29 is 9.90 Å². The van der Waals surface area contributed by atoms with Gasteiger partial charge in [-0.15, -0.1) is 0 Å². The molecule has 16 heavy (non-hydrogen) atoms. The summed E-state index contributed by atoms with van der Waals surface area (Å²) >= 11 is 0. The molecule has 1 saturated carbocycles. The number of hydrogen-bond donors (Lipinski definition) is 3. The molecule has 0 unspecified atom stereocenters. The Morgan fingerprint density at radius 2 is 2.31 bits per heavy atom. The van der Waals surface area contributed by atoms with E-state index in [4.69, 9.17) is 5.11 Å². The van der Waals surface area contributed by atoms with Crippen LogP contribution in [-0.4, -0.2) is 29.1 Å². The summed E-state index contributed by atoms with van der Waals surface area (Å²) in [7, 11) is 0. The number of aliphatic hydroxyl groups excluding tert-OH is 1. The Labute approximate surface area is 92.5 Å². The summed E-state index contributed by atoms with van der Waals surface area (Å²) in [6.07, 6.45) is 3.33. The van der Waals surface area contributed by atoms with Crippen molar-refractivity contribution in [3.63, 3.8) is 0 Å². The molecule has 0 radical (unpaired) electrons. The maximum Gasteiger partial charge on any atom is 0.251 e. The van der Waals surface area contributed by atoms with Crippen molar-refractivity contribution in [3.05, 3.63) is 34.2 Å². The van der Waals surface area contributed by atoms with Crippen molar-refractivity contribution in [2.45, 2.75) is 12.8 Å². The van der Waals surface area contributed by atoms with Gasteiger partial charge in [0.25, 0.3) is 5.91 Å². The number of nitrogens with one attached hydrogen (secondary N) is 2. The molecule has 1 aliphatic rings. The van der Waals surface area contributed by atoms with Crippen molar-refractivity contribution in [2.75, 3.05) is 13.2 Å². The van der Waals surface area contributed by atoms with Gasteiger partial charge in [0.05, 0.1) is 6.61 Å². The fourth-order valence-corrected chi connectivity index (χ4v) is 1.52. The molecule has 0 bridgehead atoms. The van der Waals surface area contributed by atoms with Crippen molar-refractivity contribution in [3.8, 4) is 0 Å². The van der Waals surface area contributed by atoms with Crippen LogP contribution in [0.1, 0.15) is 23.2 Å². The van der Waals surface area contributed by atoms with Crippen LogP contribution in [0, 0.1) is 5.41 Å². The Bertz CT molecular complexity index is 449. The summed E-state index contributed by atoms with van der Waals surface area (Å²) in [5.41, 5.74) is -0.0648. The molecule has 1 aromatic heterocycles. The molecule has 0 atom stereocenters. The third kappa shape index (κ3) is 2.30. The molecule has 3 N–H and O–H groups in total. The van der Waals surface area contributed by atoms with E-state index in [2.05, 4.69) is 10.3 Å². The predicted octanol–water partition coefficient (Wildman–Crippen LogP) is -0.123. The Balaban J connectivity index is 1.96. The van der Waals surface area contributed by atoms with Crippen molar-refractivity contribution in [1.82, 2.24) is 10.3 Å². The summed E-state index contributed by atoms with van der Waals surface area (Å²) in [5, 5.41) is 11.8. The number of H-pyrrole nitrogens is 1. The molecular weight excluding hydrogens is 208 g/mol. The quantitative estimate of drug-likeness (QED) is 0.664. The van der Waals surface area contributed by atoms with Gasteiger partial charge in [-0.2, -0.15) is 0 Å². The van der Waals surface area contributed by atoms with Gasteiger partial charge in [-0.3, -0.25) is 9.59 Å². The number of aliphatic hydroxyl groups is 1. The first-order valence-corrected chi connectivity index (χ1v) is 5.23. The summed E-state index contributed by atoms with van der Waals surface area (Å²) in [6.45, 7) is 0.567. The van der Waals surface area contributed by atoms with Gasteiger partial charge in [-0.25, -0.2) is 0 Å². The van der Waals surface area contributed by atoms with E-state index in [1.54, 1.807) is 6.07 Å². The molecule has 1 amide bonds. The van der Waals surface area contributed by atoms with Crippen molar-refractivity contribution >= 4 is 5.91 Å². The highest BCUT2D eigenvalue weighted by molar-refractivity contribution is 5.93. The Morgan fingerprint density at radius 1 is 1.56 bits per heavy atom. The van der Waals surface area contributed by atoms with Gasteiger partial charge in [-0.1, -0.05) is 0 Å². The molecule has 1 aliphatic carbocycles. The smallest absolute Gasteiger partial charge is 0.251 e. The summed E-state index contributed by atoms with van der Waals surface area (Å²) < 4.78 is 0. The number of aromatic amines is 1. The molecule has 5 heteroatoms. The van der Waals surface area contributed by atoms with Crippen LogP contribution in [0.3, 0.4) is 0 Å². The number of rotatable bonds is 4. The van der Waals surface area contributed by atoms with E-state index >= 15 is 0 Å². The first-order valence-electron chi connectivity index (χ1n) is 5.23. The SMILES string of the molecule is O=C(NCC1(CO)CC1)c1cc[nH]c(=O)c1. The van der Waals surface area contributed by atoms with Gasteiger partial charge in [0.2, 0.25) is 5.56 Å². The standard InChI is InChI=1S/C11H14N2O3/c14-7-11(2-3-11)6-13-10(16)8-1-4-12-9(15)5-8/h1,4-5,14H,2-3,6-7H2,(H,12,15)(H,13,16). The Hall–Kier alpha value is -1.62. The lowest BCUT2D eigenvalue weighted by atomic mass is 10.1. The van der Waals surface area contributed by atoms with E-state index in [-0.39, 0.29) is 23.5 Å². The molecule has 0 spiro atoms. The minimum absolute atomic E-state index is 0.0999. The van der Waals surface area contributed by atoms with E-state index in [0.717, 1.165) is 12.8 Å². The maximum atomic E-state index is 11.6. The second-order valence-corrected chi connectivity index (χ2v) is 4.28. The largest absolute Gasteiger partial charge is 0.396 e. The van der Waals surface area contributed by atoms with Gasteiger partial charge >= 0.3 is 0 Å². The lowest BCUT2D eigenvalue weighted by Crippen LogP contribution is -2.32. The zero-order chi connectivity index (χ0) is 11.6. The number of pyridine rings is 1. The summed E-state index contributed by atoms with van der Waals surface area (Å²) in [5.74, 6) is -0.272. The van der Waals surface area contributed by atoms with E-state index in [9.17, 15) is 9.59 Å². The van der Waals surface area contributed by atoms with Crippen LogP contribution in [0.4, 0.5) is 0 Å². The third-order valence-corrected chi connectivity index (χ3v) is 2.95. The van der Waals surface area contributed by atoms with E-state index in [1.165, 1.54) is 12.3 Å². The highest BCUT2D eigenvalue weighted by Gasteiger charge is 2.42. The van der Waals surface area contributed by atoms with Gasteiger partial charge in [0, 0.05) is 29.8 Å². The van der Waals surface area contributed by atoms with E-state index < -0.39 is 0 Å². The number of carbonyl (C=O) groups is 1. The van der Waals surface area contributed by atoms with Gasteiger partial charge in [0.15, 0.2) is 0 Å². The molecule has 0 aromatic carbocycles. The van der Waals surface area contributed by atoms with Crippen LogP contribution in [-0.2, 0) is 0 Å². The van der Waals surface area contributed by atoms with E-state index in [1.807, 2.05) is 0 Å². The molecular formula is C11H14N2O3. The van der Waals surface area contributed by atoms with Crippen LogP contribution in [0.5, 0.6) is 0 Å². The zero-order valence-corrected chi connectivity index (χ0v) is 8.82. The monoisotopic (exact) mass is 222 g/mol. The molecule has 1 fully saturated rings. The number of hydrogen-bond acceptors (Lipinski definition) is 3. The second kappa shape index (κ2) is 4.09. The minimum atomic E-state index is -0.295. The molecule has 2 rings (SSSR count). The second-order valence-electron chi connectivity index (χ2n) is 4.28. The van der Waals surface area contributed by atoms with Crippen LogP contribution in [0.15, 0.2) is 23.1 Å². The van der Waals surface area contributed by atoms with Gasteiger partial charge in [-0.05, 0) is 18.9 Å². The van der Waals surface area contributed by atoms with Gasteiger partial charge < -0.3 is 15.4 Å². The molecule has 0 saturated heterocycles. The first kappa shape index (κ1) is 10.9. The molecule has 86 valence electrons. The average Bonchev–Trinajstić information content (AvgIpc) is 3.07. The topological polar surface area (TPSA) is 82.2 Å². The van der Waals surface area contributed by atoms with E-state index in [0.29, 0.717) is 12.1 Å². The molecule has 1 heterocycles.